The van der Waals surface area contributed by atoms with Gasteiger partial charge in [-0.25, -0.2) is 12.7 Å². The van der Waals surface area contributed by atoms with E-state index in [0.29, 0.717) is 4.31 Å². The number of halogens is 7. The number of nitrogens with zero attached hydrogens (tertiary/aromatic N) is 1. The van der Waals surface area contributed by atoms with Crippen LogP contribution < -0.4 is 0 Å². The molecule has 0 radical (unpaired) electrons. The van der Waals surface area contributed by atoms with Crippen molar-refractivity contribution >= 4 is 11.3 Å². The number of hydrogen-bond acceptors (Lipinski definition) is 2. The van der Waals surface area contributed by atoms with Crippen LogP contribution in [-0.4, -0.2) is 40.8 Å². The number of hydrogen-bond donors (Lipinski definition) is 0. The van der Waals surface area contributed by atoms with Gasteiger partial charge in [-0.1, -0.05) is 0 Å². The molecular formula is C5H6F7NO2S. The average Bonchev–Trinajstić information content (AvgIpc) is 2.00. The van der Waals surface area contributed by atoms with Crippen molar-refractivity contribution in [2.45, 2.75) is 18.2 Å². The Hall–Kier alpha value is -0.420. The van der Waals surface area contributed by atoms with E-state index in [9.17, 15) is 34.9 Å². The summed E-state index contributed by atoms with van der Waals surface area (Å²) in [5.74, 6) is -6.42. The normalized spacial score (nSPS) is 16.6. The van der Waals surface area contributed by atoms with Crippen LogP contribution in [-0.2, 0) is 15.4 Å². The lowest BCUT2D eigenvalue weighted by molar-refractivity contribution is -0.401. The monoisotopic (exact) mass is 277 g/mol. The smallest absolute Gasteiger partial charge is 0.211 e. The van der Waals surface area contributed by atoms with Crippen molar-refractivity contribution in [3.63, 3.8) is 0 Å². The van der Waals surface area contributed by atoms with E-state index in [1.54, 1.807) is 0 Å². The molecule has 0 rings (SSSR count). The molecule has 0 aliphatic heterocycles. The molecule has 0 amide bonds. The Kier molecular flexibility index (Phi) is 4.33. The summed E-state index contributed by atoms with van der Waals surface area (Å²) in [4.78, 5) is 0. The largest absolute Gasteiger partial charge is 0.462 e. The Morgan fingerprint density at radius 2 is 1.38 bits per heavy atom. The molecule has 0 aromatic heterocycles. The van der Waals surface area contributed by atoms with Crippen LogP contribution in [0.4, 0.5) is 30.7 Å². The van der Waals surface area contributed by atoms with E-state index >= 15 is 0 Å². The fraction of sp³-hybridized carbons (Fsp3) is 1.00. The zero-order chi connectivity index (χ0) is 13.4. The van der Waals surface area contributed by atoms with Crippen LogP contribution in [0.15, 0.2) is 0 Å². The summed E-state index contributed by atoms with van der Waals surface area (Å²) in [5, 5.41) is 0. The van der Waals surface area contributed by atoms with E-state index in [1.165, 1.54) is 0 Å². The molecule has 0 aliphatic carbocycles. The van der Waals surface area contributed by atoms with Gasteiger partial charge in [0.15, 0.2) is 0 Å². The molecule has 0 fully saturated rings. The van der Waals surface area contributed by atoms with E-state index in [-0.39, 0.29) is 0 Å². The van der Waals surface area contributed by atoms with Crippen molar-refractivity contribution in [2.75, 3.05) is 14.1 Å². The number of rotatable bonds is 4. The van der Waals surface area contributed by atoms with Gasteiger partial charge in [-0.3, -0.25) is 0 Å². The molecule has 0 aromatic rings. The molecule has 0 bridgehead atoms. The molecule has 16 heavy (non-hydrogen) atoms. The van der Waals surface area contributed by atoms with Gasteiger partial charge < -0.3 is 0 Å². The highest BCUT2D eigenvalue weighted by Gasteiger charge is 2.75. The van der Waals surface area contributed by atoms with Crippen LogP contribution in [0.25, 0.3) is 0 Å². The Morgan fingerprint density at radius 1 is 1.00 bits per heavy atom. The lowest BCUT2D eigenvalue weighted by Crippen LogP contribution is -2.54. The van der Waals surface area contributed by atoms with E-state index in [4.69, 9.17) is 0 Å². The van der Waals surface area contributed by atoms with Crippen LogP contribution in [0, 0.1) is 0 Å². The molecule has 0 aromatic carbocycles. The molecule has 1 unspecified atom stereocenters. The van der Waals surface area contributed by atoms with Gasteiger partial charge in [-0.05, 0) is 0 Å². The predicted molar refractivity (Wildman–Crippen MR) is 38.9 cm³/mol. The van der Waals surface area contributed by atoms with Crippen molar-refractivity contribution in [1.82, 2.24) is 4.31 Å². The van der Waals surface area contributed by atoms with Crippen LogP contribution >= 0.6 is 0 Å². The first kappa shape index (κ1) is 15.6. The summed E-state index contributed by atoms with van der Waals surface area (Å²) in [7, 11) is 1.77. The molecule has 0 saturated heterocycles. The van der Waals surface area contributed by atoms with Gasteiger partial charge in [0.1, 0.15) is 0 Å². The highest BCUT2D eigenvalue weighted by molar-refractivity contribution is 7.77. The zero-order valence-electron chi connectivity index (χ0n) is 7.82. The summed E-state index contributed by atoms with van der Waals surface area (Å²) in [6.07, 6.45) is -12.4. The van der Waals surface area contributed by atoms with Gasteiger partial charge in [0.2, 0.25) is 11.3 Å². The standard InChI is InChI=1S/C5H6F7NO2S/c1-13(2)16(14)15-5(11,12)3(6,7)4(8,9)10/h1-2H3. The fourth-order valence-corrected chi connectivity index (χ4v) is 0.814. The Morgan fingerprint density at radius 3 is 1.62 bits per heavy atom. The first-order chi connectivity index (χ1) is 6.83. The number of alkyl halides is 7. The molecule has 0 spiro atoms. The third kappa shape index (κ3) is 3.04. The minimum absolute atomic E-state index is 0.389. The minimum atomic E-state index is -6.51. The van der Waals surface area contributed by atoms with Crippen molar-refractivity contribution in [3.8, 4) is 0 Å². The van der Waals surface area contributed by atoms with Crippen LogP contribution in [0.2, 0.25) is 0 Å². The Labute approximate surface area is 87.9 Å². The quantitative estimate of drug-likeness (QED) is 0.735. The van der Waals surface area contributed by atoms with Gasteiger partial charge in [0.05, 0.1) is 0 Å². The third-order valence-corrected chi connectivity index (χ3v) is 2.14. The Balaban J connectivity index is 4.99. The van der Waals surface area contributed by atoms with E-state index in [0.717, 1.165) is 14.1 Å². The van der Waals surface area contributed by atoms with Gasteiger partial charge in [0, 0.05) is 14.1 Å². The molecule has 0 N–H and O–H groups in total. The fourth-order valence-electron chi connectivity index (χ4n) is 0.381. The first-order valence-electron chi connectivity index (χ1n) is 3.44. The van der Waals surface area contributed by atoms with Crippen LogP contribution in [0.3, 0.4) is 0 Å². The Bertz CT molecular complexity index is 276. The molecular weight excluding hydrogens is 271 g/mol. The maximum atomic E-state index is 12.4. The van der Waals surface area contributed by atoms with Crippen LogP contribution in [0.1, 0.15) is 0 Å². The minimum Gasteiger partial charge on any atom is -0.211 e. The highest BCUT2D eigenvalue weighted by atomic mass is 32.2. The predicted octanol–water partition coefficient (Wildman–Crippen LogP) is 1.93. The topological polar surface area (TPSA) is 29.5 Å². The molecule has 3 nitrogen and oxygen atoms in total. The summed E-state index contributed by atoms with van der Waals surface area (Å²) in [5.41, 5.74) is 0. The SMILES string of the molecule is CN(C)S(=O)OC(F)(F)C(F)(F)C(F)(F)F. The van der Waals surface area contributed by atoms with Crippen molar-refractivity contribution in [1.29, 1.82) is 0 Å². The van der Waals surface area contributed by atoms with Crippen molar-refractivity contribution < 1.29 is 39.1 Å². The molecule has 0 aliphatic rings. The molecule has 11 heteroatoms. The van der Waals surface area contributed by atoms with Gasteiger partial charge in [-0.15, -0.1) is 0 Å². The molecule has 0 heterocycles. The maximum Gasteiger partial charge on any atom is 0.462 e. The summed E-state index contributed by atoms with van der Waals surface area (Å²) in [6.45, 7) is 0. The van der Waals surface area contributed by atoms with E-state index in [1.807, 2.05) is 0 Å². The summed E-state index contributed by atoms with van der Waals surface area (Å²) < 4.78 is 97.7. The second-order valence-electron chi connectivity index (χ2n) is 2.70. The van der Waals surface area contributed by atoms with Gasteiger partial charge in [-0.2, -0.15) is 30.7 Å². The molecule has 98 valence electrons. The lowest BCUT2D eigenvalue weighted by atomic mass is 10.3. The van der Waals surface area contributed by atoms with Crippen molar-refractivity contribution in [2.24, 2.45) is 0 Å². The van der Waals surface area contributed by atoms with Gasteiger partial charge in [0.25, 0.3) is 0 Å². The first-order valence-corrected chi connectivity index (χ1v) is 4.47. The van der Waals surface area contributed by atoms with Gasteiger partial charge >= 0.3 is 18.2 Å². The van der Waals surface area contributed by atoms with E-state index in [2.05, 4.69) is 4.18 Å². The summed E-state index contributed by atoms with van der Waals surface area (Å²) in [6, 6.07) is 0. The second kappa shape index (κ2) is 4.45. The third-order valence-electron chi connectivity index (χ3n) is 1.20. The molecule has 1 atom stereocenters. The zero-order valence-corrected chi connectivity index (χ0v) is 8.63. The second-order valence-corrected chi connectivity index (χ2v) is 4.03. The van der Waals surface area contributed by atoms with Crippen LogP contribution in [0.5, 0.6) is 0 Å². The highest BCUT2D eigenvalue weighted by Crippen LogP contribution is 2.47. The molecule has 0 saturated carbocycles. The van der Waals surface area contributed by atoms with Crippen molar-refractivity contribution in [3.05, 3.63) is 0 Å². The lowest BCUT2D eigenvalue weighted by Gasteiger charge is -2.27. The summed E-state index contributed by atoms with van der Waals surface area (Å²) >= 11 is -3.12. The average molecular weight is 277 g/mol. The maximum absolute atomic E-state index is 12.4. The van der Waals surface area contributed by atoms with E-state index < -0.39 is 29.5 Å².